The van der Waals surface area contributed by atoms with Crippen molar-refractivity contribution >= 4 is 5.78 Å². The van der Waals surface area contributed by atoms with E-state index >= 15 is 0 Å². The first-order valence-electron chi connectivity index (χ1n) is 9.44. The minimum Gasteiger partial charge on any atom is -0.507 e. The van der Waals surface area contributed by atoms with Gasteiger partial charge in [-0.2, -0.15) is 0 Å². The van der Waals surface area contributed by atoms with Crippen molar-refractivity contribution in [2.45, 2.75) is 18.8 Å². The highest BCUT2D eigenvalue weighted by Crippen LogP contribution is 2.44. The lowest BCUT2D eigenvalue weighted by Crippen LogP contribution is -2.20. The number of hydrogen-bond donors (Lipinski definition) is 2. The van der Waals surface area contributed by atoms with Crippen molar-refractivity contribution in [1.82, 2.24) is 0 Å². The summed E-state index contributed by atoms with van der Waals surface area (Å²) in [6.45, 7) is 0. The van der Waals surface area contributed by atoms with Crippen LogP contribution < -0.4 is 9.47 Å². The summed E-state index contributed by atoms with van der Waals surface area (Å²) in [5, 5.41) is 20.7. The Hall–Kier alpha value is -3.47. The van der Waals surface area contributed by atoms with Gasteiger partial charge in [0.1, 0.15) is 11.5 Å². The number of phenols is 2. The summed E-state index contributed by atoms with van der Waals surface area (Å²) in [7, 11) is 3.20. The number of ether oxygens (including phenoxy) is 2. The normalized spacial score (nSPS) is 13.0. The Balaban J connectivity index is 1.73. The molecule has 3 aromatic carbocycles. The summed E-state index contributed by atoms with van der Waals surface area (Å²) < 4.78 is 10.7. The molecule has 0 aliphatic heterocycles. The van der Waals surface area contributed by atoms with Gasteiger partial charge >= 0.3 is 0 Å². The van der Waals surface area contributed by atoms with Gasteiger partial charge < -0.3 is 19.7 Å². The second-order valence-corrected chi connectivity index (χ2v) is 7.09. The van der Waals surface area contributed by atoms with Crippen molar-refractivity contribution in [3.63, 3.8) is 0 Å². The van der Waals surface area contributed by atoms with E-state index in [2.05, 4.69) is 0 Å². The number of carbonyl (C=O) groups excluding carboxylic acids is 1. The predicted molar refractivity (Wildman–Crippen MR) is 109 cm³/mol. The topological polar surface area (TPSA) is 76.0 Å². The number of aryl methyl sites for hydroxylation is 1. The third kappa shape index (κ3) is 3.18. The molecule has 1 aliphatic carbocycles. The van der Waals surface area contributed by atoms with Crippen molar-refractivity contribution in [2.24, 2.45) is 0 Å². The number of rotatable bonds is 5. The molecule has 29 heavy (non-hydrogen) atoms. The van der Waals surface area contributed by atoms with Gasteiger partial charge in [0.15, 0.2) is 11.5 Å². The highest BCUT2D eigenvalue weighted by atomic mass is 16.5. The van der Waals surface area contributed by atoms with E-state index in [1.165, 1.54) is 12.1 Å². The Morgan fingerprint density at radius 3 is 1.97 bits per heavy atom. The molecule has 0 aromatic heterocycles. The molecule has 0 atom stereocenters. The average molecular weight is 390 g/mol. The van der Waals surface area contributed by atoms with Gasteiger partial charge in [0.2, 0.25) is 5.78 Å². The first-order valence-corrected chi connectivity index (χ1v) is 9.44. The van der Waals surface area contributed by atoms with Gasteiger partial charge in [0.25, 0.3) is 0 Å². The predicted octanol–water partition coefficient (Wildman–Crippen LogP) is 4.42. The Morgan fingerprint density at radius 2 is 1.41 bits per heavy atom. The SMILES string of the molecule is COc1ccc(CCC2c3cccc(O)c3C(=O)c3c(O)cccc32)cc1OC. The number of phenolic OH excluding ortho intramolecular Hbond substituents is 2. The van der Waals surface area contributed by atoms with Crippen molar-refractivity contribution in [1.29, 1.82) is 0 Å². The van der Waals surface area contributed by atoms with Gasteiger partial charge in [-0.15, -0.1) is 0 Å². The van der Waals surface area contributed by atoms with E-state index in [0.717, 1.165) is 23.1 Å². The van der Waals surface area contributed by atoms with E-state index in [-0.39, 0.29) is 34.3 Å². The molecule has 0 heterocycles. The van der Waals surface area contributed by atoms with E-state index in [4.69, 9.17) is 9.47 Å². The third-order valence-electron chi connectivity index (χ3n) is 5.52. The van der Waals surface area contributed by atoms with Crippen LogP contribution in [0, 0.1) is 0 Å². The molecule has 0 radical (unpaired) electrons. The summed E-state index contributed by atoms with van der Waals surface area (Å²) >= 11 is 0. The van der Waals surface area contributed by atoms with Gasteiger partial charge in [0.05, 0.1) is 25.3 Å². The largest absolute Gasteiger partial charge is 0.507 e. The van der Waals surface area contributed by atoms with E-state index in [1.54, 1.807) is 26.4 Å². The number of hydrogen-bond acceptors (Lipinski definition) is 5. The highest BCUT2D eigenvalue weighted by molar-refractivity contribution is 6.15. The maximum atomic E-state index is 13.0. The highest BCUT2D eigenvalue weighted by Gasteiger charge is 2.34. The summed E-state index contributed by atoms with van der Waals surface area (Å²) in [5.41, 5.74) is 3.20. The van der Waals surface area contributed by atoms with Crippen molar-refractivity contribution in [2.75, 3.05) is 14.2 Å². The molecule has 0 saturated heterocycles. The smallest absolute Gasteiger partial charge is 0.201 e. The third-order valence-corrected chi connectivity index (χ3v) is 5.52. The fraction of sp³-hybridized carbons (Fsp3) is 0.208. The van der Waals surface area contributed by atoms with Gasteiger partial charge in [-0.3, -0.25) is 4.79 Å². The molecule has 0 fully saturated rings. The first kappa shape index (κ1) is 18.9. The average Bonchev–Trinajstić information content (AvgIpc) is 2.73. The summed E-state index contributed by atoms with van der Waals surface area (Å²) in [6, 6.07) is 16.1. The first-order chi connectivity index (χ1) is 14.0. The number of benzene rings is 3. The molecule has 5 nitrogen and oxygen atoms in total. The second-order valence-electron chi connectivity index (χ2n) is 7.09. The molecular weight excluding hydrogens is 368 g/mol. The lowest BCUT2D eigenvalue weighted by atomic mass is 9.74. The molecular formula is C24H22O5. The Morgan fingerprint density at radius 1 is 0.828 bits per heavy atom. The minimum atomic E-state index is -0.339. The molecule has 0 bridgehead atoms. The van der Waals surface area contributed by atoms with Crippen molar-refractivity contribution in [3.05, 3.63) is 82.4 Å². The van der Waals surface area contributed by atoms with Crippen LogP contribution in [0.1, 0.15) is 45.0 Å². The van der Waals surface area contributed by atoms with Crippen molar-refractivity contribution < 1.29 is 24.5 Å². The van der Waals surface area contributed by atoms with Crippen molar-refractivity contribution in [3.8, 4) is 23.0 Å². The van der Waals surface area contributed by atoms with Crippen LogP contribution in [0.3, 0.4) is 0 Å². The van der Waals surface area contributed by atoms with Gasteiger partial charge in [-0.1, -0.05) is 30.3 Å². The molecule has 3 aromatic rings. The fourth-order valence-corrected chi connectivity index (χ4v) is 4.14. The molecule has 0 amide bonds. The van der Waals surface area contributed by atoms with Gasteiger partial charge in [-0.05, 0) is 53.8 Å². The standard InChI is InChI=1S/C24H22O5/c1-28-20-12-10-14(13-21(20)29-2)9-11-15-16-5-3-7-18(25)22(16)24(27)23-17(15)6-4-8-19(23)26/h3-8,10,12-13,15,25-26H,9,11H2,1-2H3. The zero-order valence-corrected chi connectivity index (χ0v) is 16.3. The maximum Gasteiger partial charge on any atom is 0.201 e. The van der Waals surface area contributed by atoms with Crippen LogP contribution in [0.4, 0.5) is 0 Å². The minimum absolute atomic E-state index is 0.0579. The van der Waals surface area contributed by atoms with Crippen LogP contribution in [0.15, 0.2) is 54.6 Å². The van der Waals surface area contributed by atoms with Gasteiger partial charge in [-0.25, -0.2) is 0 Å². The fourth-order valence-electron chi connectivity index (χ4n) is 4.14. The van der Waals surface area contributed by atoms with E-state index in [9.17, 15) is 15.0 Å². The number of fused-ring (bicyclic) bond motifs is 2. The molecule has 2 N–H and O–H groups in total. The molecule has 5 heteroatoms. The molecule has 1 aliphatic rings. The van der Waals surface area contributed by atoms with Crippen LogP contribution in [0.5, 0.6) is 23.0 Å². The van der Waals surface area contributed by atoms with Gasteiger partial charge in [0, 0.05) is 5.92 Å². The van der Waals surface area contributed by atoms with Crippen LogP contribution in [-0.4, -0.2) is 30.2 Å². The Bertz CT molecular complexity index is 1030. The van der Waals surface area contributed by atoms with Crippen LogP contribution in [0.25, 0.3) is 0 Å². The zero-order chi connectivity index (χ0) is 20.5. The lowest BCUT2D eigenvalue weighted by molar-refractivity contribution is 0.102. The van der Waals surface area contributed by atoms with E-state index in [0.29, 0.717) is 17.9 Å². The molecule has 0 spiro atoms. The number of ketones is 1. The second kappa shape index (κ2) is 7.51. The number of aromatic hydroxyl groups is 2. The zero-order valence-electron chi connectivity index (χ0n) is 16.3. The quantitative estimate of drug-likeness (QED) is 0.674. The Labute approximate surface area is 169 Å². The summed E-state index contributed by atoms with van der Waals surface area (Å²) in [6.07, 6.45) is 1.43. The number of methoxy groups -OCH3 is 2. The molecule has 148 valence electrons. The van der Waals surface area contributed by atoms with Crippen LogP contribution in [-0.2, 0) is 6.42 Å². The lowest BCUT2D eigenvalue weighted by Gasteiger charge is -2.28. The maximum absolute atomic E-state index is 13.0. The molecule has 4 rings (SSSR count). The molecule has 0 saturated carbocycles. The molecule has 0 unspecified atom stereocenters. The van der Waals surface area contributed by atoms with Crippen LogP contribution in [0.2, 0.25) is 0 Å². The Kier molecular flexibility index (Phi) is 4.89. The van der Waals surface area contributed by atoms with E-state index < -0.39 is 0 Å². The monoisotopic (exact) mass is 390 g/mol. The summed E-state index contributed by atoms with van der Waals surface area (Å²) in [5.74, 6) is 0.763. The number of carbonyl (C=O) groups is 1. The van der Waals surface area contributed by atoms with E-state index in [1.807, 2.05) is 30.3 Å². The van der Waals surface area contributed by atoms with Crippen LogP contribution >= 0.6 is 0 Å². The summed E-state index contributed by atoms with van der Waals surface area (Å²) in [4.78, 5) is 13.0.